The molecule has 0 aliphatic heterocycles. The van der Waals surface area contributed by atoms with E-state index in [-0.39, 0.29) is 16.7 Å². The summed E-state index contributed by atoms with van der Waals surface area (Å²) < 4.78 is 0. The third kappa shape index (κ3) is 3.22. The van der Waals surface area contributed by atoms with Crippen LogP contribution in [0.25, 0.3) is 0 Å². The average molecular weight is 290 g/mol. The summed E-state index contributed by atoms with van der Waals surface area (Å²) >= 11 is 0. The number of benzene rings is 1. The molecule has 21 heavy (non-hydrogen) atoms. The molecule has 1 aliphatic carbocycles. The molecule has 2 rings (SSSR count). The van der Waals surface area contributed by atoms with E-state index in [2.05, 4.69) is 20.8 Å². The second-order valence-electron chi connectivity index (χ2n) is 6.84. The van der Waals surface area contributed by atoms with Gasteiger partial charge in [-0.2, -0.15) is 0 Å². The zero-order valence-electron chi connectivity index (χ0n) is 13.3. The van der Waals surface area contributed by atoms with Crippen LogP contribution in [0.5, 0.6) is 5.75 Å². The average Bonchev–Trinajstić information content (AvgIpc) is 2.47. The lowest BCUT2D eigenvalue weighted by molar-refractivity contribution is 0.0693. The molecule has 0 unspecified atom stereocenters. The lowest BCUT2D eigenvalue weighted by Gasteiger charge is -2.28. The number of phenols is 1. The van der Waals surface area contributed by atoms with Gasteiger partial charge >= 0.3 is 5.97 Å². The number of hydrogen-bond donors (Lipinski definition) is 2. The second-order valence-corrected chi connectivity index (χ2v) is 6.84. The summed E-state index contributed by atoms with van der Waals surface area (Å²) in [7, 11) is 0. The van der Waals surface area contributed by atoms with Gasteiger partial charge in [0.15, 0.2) is 0 Å². The second kappa shape index (κ2) is 6.08. The molecular weight excluding hydrogens is 264 g/mol. The van der Waals surface area contributed by atoms with E-state index >= 15 is 0 Å². The first-order valence-electron chi connectivity index (χ1n) is 7.97. The molecule has 0 aromatic heterocycles. The van der Waals surface area contributed by atoms with E-state index in [1.54, 1.807) is 6.07 Å². The van der Waals surface area contributed by atoms with Crippen LogP contribution in [0.2, 0.25) is 0 Å². The van der Waals surface area contributed by atoms with Crippen LogP contribution in [-0.4, -0.2) is 16.2 Å². The number of carbonyl (C=O) groups is 1. The van der Waals surface area contributed by atoms with Crippen molar-refractivity contribution in [3.8, 4) is 5.75 Å². The highest BCUT2D eigenvalue weighted by molar-refractivity contribution is 5.91. The topological polar surface area (TPSA) is 57.5 Å². The van der Waals surface area contributed by atoms with Crippen molar-refractivity contribution in [1.29, 1.82) is 0 Å². The summed E-state index contributed by atoms with van der Waals surface area (Å²) in [5.41, 5.74) is 1.82. The molecule has 1 aromatic carbocycles. The fraction of sp³-hybridized carbons (Fsp3) is 0.611. The summed E-state index contributed by atoms with van der Waals surface area (Å²) in [5.74, 6) is -0.771. The summed E-state index contributed by atoms with van der Waals surface area (Å²) in [6.07, 6.45) is 6.58. The molecule has 1 fully saturated rings. The van der Waals surface area contributed by atoms with E-state index < -0.39 is 5.97 Å². The van der Waals surface area contributed by atoms with E-state index in [4.69, 9.17) is 0 Å². The highest BCUT2D eigenvalue weighted by Crippen LogP contribution is 2.41. The third-order valence-electron chi connectivity index (χ3n) is 5.08. The van der Waals surface area contributed by atoms with E-state index in [0.29, 0.717) is 5.92 Å². The van der Waals surface area contributed by atoms with Gasteiger partial charge in [0, 0.05) is 0 Å². The Bertz CT molecular complexity index is 526. The Kier molecular flexibility index (Phi) is 4.60. The number of aromatic carboxylic acids is 1. The summed E-state index contributed by atoms with van der Waals surface area (Å²) in [6.45, 7) is 6.35. The van der Waals surface area contributed by atoms with Gasteiger partial charge in [0.2, 0.25) is 0 Å². The first-order chi connectivity index (χ1) is 9.86. The maximum Gasteiger partial charge on any atom is 0.339 e. The molecule has 0 heterocycles. The van der Waals surface area contributed by atoms with E-state index in [1.807, 2.05) is 6.07 Å². The van der Waals surface area contributed by atoms with Gasteiger partial charge in [0.25, 0.3) is 0 Å². The van der Waals surface area contributed by atoms with E-state index in [9.17, 15) is 15.0 Å². The fourth-order valence-electron chi connectivity index (χ4n) is 3.14. The Labute approximate surface area is 127 Å². The number of rotatable bonds is 4. The van der Waals surface area contributed by atoms with Crippen LogP contribution in [0.4, 0.5) is 0 Å². The van der Waals surface area contributed by atoms with Gasteiger partial charge in [-0.1, -0.05) is 46.1 Å². The smallest absolute Gasteiger partial charge is 0.339 e. The monoisotopic (exact) mass is 290 g/mol. The first kappa shape index (κ1) is 15.9. The van der Waals surface area contributed by atoms with Crippen LogP contribution < -0.4 is 0 Å². The lowest BCUT2D eigenvalue weighted by atomic mass is 9.77. The largest absolute Gasteiger partial charge is 0.507 e. The highest BCUT2D eigenvalue weighted by Gasteiger charge is 2.27. The molecule has 0 amide bonds. The van der Waals surface area contributed by atoms with Gasteiger partial charge in [-0.15, -0.1) is 0 Å². The predicted molar refractivity (Wildman–Crippen MR) is 84.2 cm³/mol. The van der Waals surface area contributed by atoms with Crippen molar-refractivity contribution in [2.75, 3.05) is 0 Å². The molecule has 1 saturated carbocycles. The van der Waals surface area contributed by atoms with Gasteiger partial charge in [-0.05, 0) is 47.8 Å². The maximum absolute atomic E-state index is 11.5. The molecule has 1 aliphatic rings. The van der Waals surface area contributed by atoms with Crippen molar-refractivity contribution in [2.45, 2.75) is 70.6 Å². The van der Waals surface area contributed by atoms with E-state index in [0.717, 1.165) is 43.2 Å². The Balaban J connectivity index is 2.54. The van der Waals surface area contributed by atoms with Crippen molar-refractivity contribution in [1.82, 2.24) is 0 Å². The quantitative estimate of drug-likeness (QED) is 0.835. The molecule has 0 atom stereocenters. The summed E-state index contributed by atoms with van der Waals surface area (Å²) in [6, 6.07) is 3.69. The minimum atomic E-state index is -1.04. The van der Waals surface area contributed by atoms with Crippen molar-refractivity contribution >= 4 is 5.97 Å². The normalized spacial score (nSPS) is 16.9. The van der Waals surface area contributed by atoms with Crippen molar-refractivity contribution in [3.63, 3.8) is 0 Å². The van der Waals surface area contributed by atoms with Crippen molar-refractivity contribution < 1.29 is 15.0 Å². The van der Waals surface area contributed by atoms with Crippen molar-refractivity contribution in [3.05, 3.63) is 28.8 Å². The molecule has 0 bridgehead atoms. The zero-order valence-corrected chi connectivity index (χ0v) is 13.3. The summed E-state index contributed by atoms with van der Waals surface area (Å²) in [4.78, 5) is 11.5. The van der Waals surface area contributed by atoms with Gasteiger partial charge < -0.3 is 10.2 Å². The Morgan fingerprint density at radius 1 is 1.24 bits per heavy atom. The molecule has 116 valence electrons. The van der Waals surface area contributed by atoms with E-state index in [1.165, 1.54) is 6.42 Å². The Morgan fingerprint density at radius 2 is 1.86 bits per heavy atom. The number of carboxylic acids is 1. The van der Waals surface area contributed by atoms with Crippen LogP contribution in [0.15, 0.2) is 12.1 Å². The van der Waals surface area contributed by atoms with Gasteiger partial charge in [0.1, 0.15) is 11.3 Å². The molecule has 0 saturated heterocycles. The molecule has 0 radical (unpaired) electrons. The zero-order chi connectivity index (χ0) is 15.6. The SMILES string of the molecule is CCC(C)(C)c1cc(C(=O)O)c(O)c(C2CCCCC2)c1. The van der Waals surface area contributed by atoms with Gasteiger partial charge in [-0.25, -0.2) is 4.79 Å². The predicted octanol–water partition coefficient (Wildman–Crippen LogP) is 4.83. The van der Waals surface area contributed by atoms with Crippen LogP contribution >= 0.6 is 0 Å². The number of carboxylic acid groups (broad SMARTS) is 1. The minimum Gasteiger partial charge on any atom is -0.507 e. The number of aromatic hydroxyl groups is 1. The number of hydrogen-bond acceptors (Lipinski definition) is 2. The Morgan fingerprint density at radius 3 is 2.38 bits per heavy atom. The maximum atomic E-state index is 11.5. The molecule has 0 spiro atoms. The van der Waals surface area contributed by atoms with Crippen molar-refractivity contribution in [2.24, 2.45) is 0 Å². The van der Waals surface area contributed by atoms with Crippen LogP contribution in [-0.2, 0) is 5.41 Å². The molecule has 2 N–H and O–H groups in total. The third-order valence-corrected chi connectivity index (χ3v) is 5.08. The van der Waals surface area contributed by atoms with Crippen LogP contribution in [0.1, 0.15) is 86.7 Å². The molecular formula is C18H26O3. The standard InChI is InChI=1S/C18H26O3/c1-4-18(2,3)13-10-14(12-8-6-5-7-9-12)16(19)15(11-13)17(20)21/h10-12,19H,4-9H2,1-3H3,(H,20,21). The molecule has 1 aromatic rings. The molecule has 3 heteroatoms. The first-order valence-corrected chi connectivity index (χ1v) is 7.97. The summed E-state index contributed by atoms with van der Waals surface area (Å²) in [5, 5.41) is 19.8. The fourth-order valence-corrected chi connectivity index (χ4v) is 3.14. The lowest BCUT2D eigenvalue weighted by Crippen LogP contribution is -2.18. The minimum absolute atomic E-state index is 0.0231. The van der Waals surface area contributed by atoms with Crippen LogP contribution in [0, 0.1) is 0 Å². The highest BCUT2D eigenvalue weighted by atomic mass is 16.4. The molecule has 3 nitrogen and oxygen atoms in total. The van der Waals surface area contributed by atoms with Gasteiger partial charge in [-0.3, -0.25) is 0 Å². The van der Waals surface area contributed by atoms with Gasteiger partial charge in [0.05, 0.1) is 0 Å². The Hall–Kier alpha value is -1.51. The van der Waals surface area contributed by atoms with Crippen LogP contribution in [0.3, 0.4) is 0 Å².